The summed E-state index contributed by atoms with van der Waals surface area (Å²) in [5, 5.41) is 2.11. The van der Waals surface area contributed by atoms with Crippen LogP contribution in [-0.4, -0.2) is 9.55 Å². The Balaban J connectivity index is 2.17. The van der Waals surface area contributed by atoms with Gasteiger partial charge in [0, 0.05) is 6.54 Å². The molecule has 98 valence electrons. The summed E-state index contributed by atoms with van der Waals surface area (Å²) in [7, 11) is 0. The fourth-order valence-corrected chi connectivity index (χ4v) is 3.02. The summed E-state index contributed by atoms with van der Waals surface area (Å²) >= 11 is 1.76. The molecule has 2 heterocycles. The minimum absolute atomic E-state index is 0.663. The van der Waals surface area contributed by atoms with E-state index in [9.17, 15) is 0 Å². The number of nitrogens with zero attached hydrogens (tertiary/aromatic N) is 2. The number of fused-ring (bicyclic) bond motifs is 1. The monoisotopic (exact) mass is 270 g/mol. The lowest BCUT2D eigenvalue weighted by Crippen LogP contribution is -2.07. The third-order valence-corrected chi connectivity index (χ3v) is 4.45. The highest BCUT2D eigenvalue weighted by molar-refractivity contribution is 7.13. The van der Waals surface area contributed by atoms with E-state index >= 15 is 0 Å². The van der Waals surface area contributed by atoms with E-state index in [0.717, 1.165) is 17.9 Å². The van der Waals surface area contributed by atoms with Crippen LogP contribution in [0.1, 0.15) is 20.3 Å². The minimum atomic E-state index is 0.663. The largest absolute Gasteiger partial charge is 0.323 e. The standard InChI is InChI=1S/C16H18N2S/c1-3-12(2)11-18-14-8-5-4-7-13(14)17-16(18)15-9-6-10-19-15/h4-10,12H,3,11H2,1-2H3/t12-/m0/s1. The number of thiophene rings is 1. The summed E-state index contributed by atoms with van der Waals surface area (Å²) in [5.41, 5.74) is 2.33. The average molecular weight is 270 g/mol. The molecule has 2 aromatic heterocycles. The Morgan fingerprint density at radius 2 is 2.05 bits per heavy atom. The van der Waals surface area contributed by atoms with E-state index in [2.05, 4.69) is 60.2 Å². The number of imidazole rings is 1. The number of aromatic nitrogens is 2. The number of benzene rings is 1. The van der Waals surface area contributed by atoms with E-state index in [0.29, 0.717) is 5.92 Å². The molecule has 0 amide bonds. The van der Waals surface area contributed by atoms with Crippen molar-refractivity contribution in [3.8, 4) is 10.7 Å². The van der Waals surface area contributed by atoms with E-state index in [1.807, 2.05) is 0 Å². The molecule has 0 aliphatic rings. The van der Waals surface area contributed by atoms with Gasteiger partial charge in [-0.25, -0.2) is 4.98 Å². The number of hydrogen-bond donors (Lipinski definition) is 0. The molecule has 0 spiro atoms. The highest BCUT2D eigenvalue weighted by Gasteiger charge is 2.14. The van der Waals surface area contributed by atoms with Gasteiger partial charge < -0.3 is 4.57 Å². The summed E-state index contributed by atoms with van der Waals surface area (Å²) < 4.78 is 2.37. The average Bonchev–Trinajstić information content (AvgIpc) is 3.06. The highest BCUT2D eigenvalue weighted by atomic mass is 32.1. The van der Waals surface area contributed by atoms with Crippen LogP contribution in [0.4, 0.5) is 0 Å². The molecule has 0 bridgehead atoms. The lowest BCUT2D eigenvalue weighted by molar-refractivity contribution is 0.479. The SMILES string of the molecule is CC[C@H](C)Cn1c(-c2cccs2)nc2ccccc21. The van der Waals surface area contributed by atoms with Crippen molar-refractivity contribution < 1.29 is 0 Å². The van der Waals surface area contributed by atoms with Gasteiger partial charge in [-0.1, -0.05) is 38.5 Å². The second kappa shape index (κ2) is 5.17. The van der Waals surface area contributed by atoms with Gasteiger partial charge in [0.2, 0.25) is 0 Å². The molecule has 19 heavy (non-hydrogen) atoms. The maximum absolute atomic E-state index is 4.82. The van der Waals surface area contributed by atoms with E-state index < -0.39 is 0 Å². The Morgan fingerprint density at radius 3 is 2.79 bits per heavy atom. The van der Waals surface area contributed by atoms with Gasteiger partial charge in [-0.2, -0.15) is 0 Å². The van der Waals surface area contributed by atoms with Crippen molar-refractivity contribution >= 4 is 22.4 Å². The van der Waals surface area contributed by atoms with E-state index in [-0.39, 0.29) is 0 Å². The van der Waals surface area contributed by atoms with Crippen LogP contribution >= 0.6 is 11.3 Å². The first kappa shape index (κ1) is 12.4. The Bertz CT molecular complexity index is 667. The topological polar surface area (TPSA) is 17.8 Å². The lowest BCUT2D eigenvalue weighted by Gasteiger charge is -2.13. The van der Waals surface area contributed by atoms with Gasteiger partial charge in [0.15, 0.2) is 5.82 Å². The Kier molecular flexibility index (Phi) is 3.38. The van der Waals surface area contributed by atoms with Crippen LogP contribution in [0.5, 0.6) is 0 Å². The smallest absolute Gasteiger partial charge is 0.151 e. The van der Waals surface area contributed by atoms with Gasteiger partial charge in [-0.3, -0.25) is 0 Å². The molecular formula is C16H18N2S. The van der Waals surface area contributed by atoms with Crippen molar-refractivity contribution in [1.29, 1.82) is 0 Å². The van der Waals surface area contributed by atoms with E-state index in [1.165, 1.54) is 16.8 Å². The Morgan fingerprint density at radius 1 is 1.21 bits per heavy atom. The molecule has 0 N–H and O–H groups in total. The molecule has 0 fully saturated rings. The molecule has 3 aromatic rings. The van der Waals surface area contributed by atoms with E-state index in [1.54, 1.807) is 11.3 Å². The molecular weight excluding hydrogens is 252 g/mol. The van der Waals surface area contributed by atoms with Crippen LogP contribution in [0.2, 0.25) is 0 Å². The van der Waals surface area contributed by atoms with Crippen LogP contribution < -0.4 is 0 Å². The van der Waals surface area contributed by atoms with Gasteiger partial charge >= 0.3 is 0 Å². The van der Waals surface area contributed by atoms with Gasteiger partial charge in [0.05, 0.1) is 15.9 Å². The minimum Gasteiger partial charge on any atom is -0.323 e. The molecule has 1 atom stereocenters. The van der Waals surface area contributed by atoms with Crippen molar-refractivity contribution in [1.82, 2.24) is 9.55 Å². The fourth-order valence-electron chi connectivity index (χ4n) is 2.29. The van der Waals surface area contributed by atoms with Crippen LogP contribution in [0, 0.1) is 5.92 Å². The lowest BCUT2D eigenvalue weighted by atomic mass is 10.1. The second-order valence-electron chi connectivity index (χ2n) is 5.03. The summed E-state index contributed by atoms with van der Waals surface area (Å²) in [6.07, 6.45) is 1.19. The third kappa shape index (κ3) is 2.30. The molecule has 3 heteroatoms. The molecule has 3 rings (SSSR count). The summed E-state index contributed by atoms with van der Waals surface area (Å²) in [6, 6.07) is 12.7. The molecule has 0 radical (unpaired) electrons. The van der Waals surface area contributed by atoms with Gasteiger partial charge in [0.25, 0.3) is 0 Å². The summed E-state index contributed by atoms with van der Waals surface area (Å²) in [5.74, 6) is 1.77. The van der Waals surface area contributed by atoms with Crippen LogP contribution in [0.3, 0.4) is 0 Å². The maximum Gasteiger partial charge on any atom is 0.151 e. The van der Waals surface area contributed by atoms with Crippen molar-refractivity contribution in [3.63, 3.8) is 0 Å². The quantitative estimate of drug-likeness (QED) is 0.665. The number of para-hydroxylation sites is 2. The van der Waals surface area contributed by atoms with Crippen LogP contribution in [0.15, 0.2) is 41.8 Å². The normalized spacial score (nSPS) is 12.9. The van der Waals surface area contributed by atoms with Crippen molar-refractivity contribution in [3.05, 3.63) is 41.8 Å². The zero-order valence-corrected chi connectivity index (χ0v) is 12.2. The Labute approximate surface area is 117 Å². The molecule has 1 aromatic carbocycles. The van der Waals surface area contributed by atoms with Gasteiger partial charge in [-0.05, 0) is 29.5 Å². The zero-order chi connectivity index (χ0) is 13.2. The molecule has 0 saturated carbocycles. The third-order valence-electron chi connectivity index (χ3n) is 3.59. The number of rotatable bonds is 4. The first-order valence-electron chi connectivity index (χ1n) is 6.78. The maximum atomic E-state index is 4.82. The zero-order valence-electron chi connectivity index (χ0n) is 11.3. The predicted molar refractivity (Wildman–Crippen MR) is 82.5 cm³/mol. The molecule has 0 aliphatic heterocycles. The fraction of sp³-hybridized carbons (Fsp3) is 0.312. The molecule has 0 saturated heterocycles. The van der Waals surface area contributed by atoms with Crippen LogP contribution in [-0.2, 0) is 6.54 Å². The highest BCUT2D eigenvalue weighted by Crippen LogP contribution is 2.29. The Hall–Kier alpha value is -1.61. The van der Waals surface area contributed by atoms with Gasteiger partial charge in [-0.15, -0.1) is 11.3 Å². The van der Waals surface area contributed by atoms with Crippen molar-refractivity contribution in [2.45, 2.75) is 26.8 Å². The summed E-state index contributed by atoms with van der Waals surface area (Å²) in [6.45, 7) is 5.58. The predicted octanol–water partition coefficient (Wildman–Crippen LogP) is 4.81. The van der Waals surface area contributed by atoms with Crippen molar-refractivity contribution in [2.75, 3.05) is 0 Å². The molecule has 2 nitrogen and oxygen atoms in total. The number of hydrogen-bond acceptors (Lipinski definition) is 2. The summed E-state index contributed by atoms with van der Waals surface area (Å²) in [4.78, 5) is 6.07. The first-order valence-corrected chi connectivity index (χ1v) is 7.66. The van der Waals surface area contributed by atoms with E-state index in [4.69, 9.17) is 4.98 Å². The molecule has 0 unspecified atom stereocenters. The van der Waals surface area contributed by atoms with Crippen molar-refractivity contribution in [2.24, 2.45) is 5.92 Å². The van der Waals surface area contributed by atoms with Gasteiger partial charge in [0.1, 0.15) is 0 Å². The molecule has 0 aliphatic carbocycles. The van der Waals surface area contributed by atoms with Crippen LogP contribution in [0.25, 0.3) is 21.7 Å². The second-order valence-corrected chi connectivity index (χ2v) is 5.97. The first-order chi connectivity index (χ1) is 9.29.